The first-order valence-electron chi connectivity index (χ1n) is 8.95. The molecule has 28 heavy (non-hydrogen) atoms. The van der Waals surface area contributed by atoms with Gasteiger partial charge >= 0.3 is 0 Å². The highest BCUT2D eigenvalue weighted by Crippen LogP contribution is 2.26. The van der Waals surface area contributed by atoms with Crippen molar-refractivity contribution < 1.29 is 14.3 Å². The fourth-order valence-electron chi connectivity index (χ4n) is 2.44. The van der Waals surface area contributed by atoms with Crippen molar-refractivity contribution in [2.75, 3.05) is 12.4 Å². The third kappa shape index (κ3) is 5.74. The lowest BCUT2D eigenvalue weighted by atomic mass is 9.87. The van der Waals surface area contributed by atoms with Gasteiger partial charge in [0, 0.05) is 16.3 Å². The van der Waals surface area contributed by atoms with Gasteiger partial charge in [-0.2, -0.15) is 0 Å². The van der Waals surface area contributed by atoms with Crippen LogP contribution in [0.2, 0.25) is 5.02 Å². The second-order valence-corrected chi connectivity index (χ2v) is 8.84. The Morgan fingerprint density at radius 2 is 1.75 bits per heavy atom. The van der Waals surface area contributed by atoms with Gasteiger partial charge in [-0.1, -0.05) is 56.3 Å². The lowest BCUT2D eigenvalue weighted by Crippen LogP contribution is -2.20. The lowest BCUT2D eigenvalue weighted by molar-refractivity contribution is 0.126. The van der Waals surface area contributed by atoms with Crippen LogP contribution in [0.15, 0.2) is 58.2 Å². The first-order chi connectivity index (χ1) is 13.3. The molecule has 1 aromatic heterocycles. The minimum absolute atomic E-state index is 0.101. The van der Waals surface area contributed by atoms with Crippen LogP contribution in [0.5, 0.6) is 5.75 Å². The summed E-state index contributed by atoms with van der Waals surface area (Å²) in [5, 5.41) is 19.2. The molecular formula is C21H23ClN2O3S. The molecule has 2 aromatic carbocycles. The van der Waals surface area contributed by atoms with Gasteiger partial charge in [0.2, 0.25) is 5.89 Å². The molecule has 0 fully saturated rings. The molecule has 3 rings (SSSR count). The van der Waals surface area contributed by atoms with Gasteiger partial charge in [-0.05, 0) is 47.4 Å². The van der Waals surface area contributed by atoms with Crippen molar-refractivity contribution in [2.45, 2.75) is 37.5 Å². The number of benzene rings is 2. The Hall–Kier alpha value is -2.02. The van der Waals surface area contributed by atoms with Gasteiger partial charge in [-0.15, -0.1) is 10.2 Å². The van der Waals surface area contributed by atoms with Crippen molar-refractivity contribution in [2.24, 2.45) is 0 Å². The largest absolute Gasteiger partial charge is 0.491 e. The standard InChI is InChI=1S/C21H23ClN2O3S/c1-21(2,3)15-6-10-18(11-7-15)26-12-17(25)13-28-20-24-23-19(27-20)14-4-8-16(22)9-5-14/h4-11,17,25H,12-13H2,1-3H3/t17-/m1/s1. The van der Waals surface area contributed by atoms with E-state index in [4.69, 9.17) is 20.8 Å². The SMILES string of the molecule is CC(C)(C)c1ccc(OC[C@@H](O)CSc2nnc(-c3ccc(Cl)cc3)o2)cc1. The van der Waals surface area contributed by atoms with E-state index in [0.717, 1.165) is 11.3 Å². The third-order valence-corrected chi connectivity index (χ3v) is 5.27. The van der Waals surface area contributed by atoms with Gasteiger partial charge in [-0.25, -0.2) is 0 Å². The zero-order chi connectivity index (χ0) is 20.1. The first kappa shape index (κ1) is 20.7. The molecule has 3 aromatic rings. The molecule has 0 aliphatic carbocycles. The minimum Gasteiger partial charge on any atom is -0.491 e. The van der Waals surface area contributed by atoms with Crippen LogP contribution in [0, 0.1) is 0 Å². The number of aliphatic hydroxyl groups excluding tert-OH is 1. The Morgan fingerprint density at radius 3 is 2.39 bits per heavy atom. The van der Waals surface area contributed by atoms with Crippen LogP contribution in [0.4, 0.5) is 0 Å². The van der Waals surface area contributed by atoms with Crippen LogP contribution in [0.1, 0.15) is 26.3 Å². The molecule has 0 aliphatic heterocycles. The minimum atomic E-state index is -0.654. The zero-order valence-corrected chi connectivity index (χ0v) is 17.6. The highest BCUT2D eigenvalue weighted by atomic mass is 35.5. The summed E-state index contributed by atoms with van der Waals surface area (Å²) in [6.45, 7) is 6.69. The smallest absolute Gasteiger partial charge is 0.276 e. The number of ether oxygens (including phenoxy) is 1. The molecule has 0 spiro atoms. The van der Waals surface area contributed by atoms with Crippen LogP contribution in [-0.4, -0.2) is 33.8 Å². The van der Waals surface area contributed by atoms with E-state index in [9.17, 15) is 5.11 Å². The molecule has 1 N–H and O–H groups in total. The maximum Gasteiger partial charge on any atom is 0.276 e. The zero-order valence-electron chi connectivity index (χ0n) is 16.1. The summed E-state index contributed by atoms with van der Waals surface area (Å²) in [6.07, 6.45) is -0.654. The molecule has 0 bridgehead atoms. The predicted molar refractivity (Wildman–Crippen MR) is 112 cm³/mol. The van der Waals surface area contributed by atoms with Crippen LogP contribution in [0.25, 0.3) is 11.5 Å². The van der Waals surface area contributed by atoms with Crippen LogP contribution in [0.3, 0.4) is 0 Å². The lowest BCUT2D eigenvalue weighted by Gasteiger charge is -2.19. The number of aliphatic hydroxyl groups is 1. The van der Waals surface area contributed by atoms with Gasteiger partial charge in [0.25, 0.3) is 5.22 Å². The molecule has 5 nitrogen and oxygen atoms in total. The summed E-state index contributed by atoms with van der Waals surface area (Å²) in [4.78, 5) is 0. The number of hydrogen-bond donors (Lipinski definition) is 1. The monoisotopic (exact) mass is 418 g/mol. The van der Waals surface area contributed by atoms with Crippen LogP contribution in [-0.2, 0) is 5.41 Å². The summed E-state index contributed by atoms with van der Waals surface area (Å²) in [5.41, 5.74) is 2.14. The summed E-state index contributed by atoms with van der Waals surface area (Å²) in [7, 11) is 0. The Morgan fingerprint density at radius 1 is 1.07 bits per heavy atom. The quantitative estimate of drug-likeness (QED) is 0.530. The van der Waals surface area contributed by atoms with E-state index < -0.39 is 6.10 Å². The summed E-state index contributed by atoms with van der Waals surface area (Å²) in [6, 6.07) is 15.1. The Kier molecular flexibility index (Phi) is 6.65. The molecule has 1 heterocycles. The van der Waals surface area contributed by atoms with Crippen molar-refractivity contribution in [1.82, 2.24) is 10.2 Å². The molecule has 0 radical (unpaired) electrons. The molecule has 0 saturated heterocycles. The highest BCUT2D eigenvalue weighted by Gasteiger charge is 2.14. The average molecular weight is 419 g/mol. The number of aromatic nitrogens is 2. The topological polar surface area (TPSA) is 68.4 Å². The maximum absolute atomic E-state index is 10.2. The van der Waals surface area contributed by atoms with Crippen molar-refractivity contribution in [3.8, 4) is 17.2 Å². The van der Waals surface area contributed by atoms with Crippen LogP contribution >= 0.6 is 23.4 Å². The molecule has 7 heteroatoms. The summed E-state index contributed by atoms with van der Waals surface area (Å²) < 4.78 is 11.3. The fraction of sp³-hybridized carbons (Fsp3) is 0.333. The number of hydrogen-bond acceptors (Lipinski definition) is 6. The maximum atomic E-state index is 10.2. The van der Waals surface area contributed by atoms with Gasteiger partial charge in [0.15, 0.2) is 0 Å². The Labute approximate surface area is 174 Å². The van der Waals surface area contributed by atoms with E-state index in [-0.39, 0.29) is 12.0 Å². The second kappa shape index (κ2) is 8.99. The molecule has 148 valence electrons. The fourth-order valence-corrected chi connectivity index (χ4v) is 3.23. The highest BCUT2D eigenvalue weighted by molar-refractivity contribution is 7.99. The normalized spacial score (nSPS) is 12.8. The molecule has 0 aliphatic rings. The summed E-state index contributed by atoms with van der Waals surface area (Å²) in [5.74, 6) is 1.55. The van der Waals surface area contributed by atoms with E-state index in [1.165, 1.54) is 17.3 Å². The number of rotatable bonds is 7. The molecule has 1 atom stereocenters. The van der Waals surface area contributed by atoms with Gasteiger partial charge in [-0.3, -0.25) is 0 Å². The van der Waals surface area contributed by atoms with E-state index in [0.29, 0.717) is 21.9 Å². The second-order valence-electron chi connectivity index (χ2n) is 7.43. The number of halogens is 1. The number of nitrogens with zero attached hydrogens (tertiary/aromatic N) is 2. The van der Waals surface area contributed by atoms with E-state index in [1.54, 1.807) is 12.1 Å². The summed E-state index contributed by atoms with van der Waals surface area (Å²) >= 11 is 7.17. The first-order valence-corrected chi connectivity index (χ1v) is 10.3. The Balaban J connectivity index is 1.47. The van der Waals surface area contributed by atoms with E-state index in [2.05, 4.69) is 31.0 Å². The Bertz CT molecular complexity index is 889. The van der Waals surface area contributed by atoms with Crippen molar-refractivity contribution in [3.05, 3.63) is 59.1 Å². The van der Waals surface area contributed by atoms with Crippen LogP contribution < -0.4 is 4.74 Å². The van der Waals surface area contributed by atoms with Crippen molar-refractivity contribution in [1.29, 1.82) is 0 Å². The third-order valence-electron chi connectivity index (χ3n) is 4.06. The average Bonchev–Trinajstić information content (AvgIpc) is 3.14. The molecule has 0 amide bonds. The van der Waals surface area contributed by atoms with Crippen molar-refractivity contribution in [3.63, 3.8) is 0 Å². The predicted octanol–water partition coefficient (Wildman–Crippen LogP) is 5.22. The molecular weight excluding hydrogens is 396 g/mol. The number of thioether (sulfide) groups is 1. The van der Waals surface area contributed by atoms with E-state index in [1.807, 2.05) is 36.4 Å². The van der Waals surface area contributed by atoms with Gasteiger partial charge < -0.3 is 14.3 Å². The molecule has 0 saturated carbocycles. The van der Waals surface area contributed by atoms with Gasteiger partial charge in [0.05, 0.1) is 6.10 Å². The van der Waals surface area contributed by atoms with Crippen molar-refractivity contribution >= 4 is 23.4 Å². The molecule has 0 unspecified atom stereocenters. The van der Waals surface area contributed by atoms with E-state index >= 15 is 0 Å². The van der Waals surface area contributed by atoms with Gasteiger partial charge in [0.1, 0.15) is 12.4 Å².